The van der Waals surface area contributed by atoms with Gasteiger partial charge in [0.25, 0.3) is 0 Å². The monoisotopic (exact) mass is 443 g/mol. The Morgan fingerprint density at radius 1 is 1.55 bits per heavy atom. The molecule has 1 aliphatic carbocycles. The maximum atomic E-state index is 13.0. The SMILES string of the molecule is CC1=C(CCCl)[C@@H]2NC(=O)[C@]2([C@@H](O)[C@@H]2C=CCCC2)[Te]1(=O)=O. The van der Waals surface area contributed by atoms with E-state index < -0.39 is 39.7 Å². The van der Waals surface area contributed by atoms with Gasteiger partial charge < -0.3 is 0 Å². The van der Waals surface area contributed by atoms with Crippen LogP contribution in [0.25, 0.3) is 0 Å². The van der Waals surface area contributed by atoms with E-state index in [1.165, 1.54) is 0 Å². The third-order valence-electron chi connectivity index (χ3n) is 5.21. The van der Waals surface area contributed by atoms with Crippen LogP contribution < -0.4 is 5.32 Å². The van der Waals surface area contributed by atoms with Crippen molar-refractivity contribution in [2.75, 3.05) is 5.88 Å². The van der Waals surface area contributed by atoms with E-state index >= 15 is 0 Å². The fourth-order valence-electron chi connectivity index (χ4n) is 3.96. The summed E-state index contributed by atoms with van der Waals surface area (Å²) in [6.07, 6.45) is 5.61. The standard InChI is InChI=1S/C15H20ClNO4Te/c1-9-11(7-8-16)12-15(14(19)17-12,22(9,20)21)13(18)10-5-3-2-4-6-10/h3,5,10,12-13,18H,2,4,6-8H2,1H3,(H,17,19)/t10-,12+,13+,15+/m1/s1. The molecule has 3 aliphatic rings. The Labute approximate surface area is 138 Å². The van der Waals surface area contributed by atoms with Crippen LogP contribution in [0.4, 0.5) is 0 Å². The molecule has 7 heteroatoms. The van der Waals surface area contributed by atoms with Gasteiger partial charge in [0.15, 0.2) is 0 Å². The van der Waals surface area contributed by atoms with E-state index in [0.717, 1.165) is 12.8 Å². The predicted octanol–water partition coefficient (Wildman–Crippen LogP) is 1.74. The van der Waals surface area contributed by atoms with Crippen LogP contribution >= 0.6 is 11.6 Å². The first kappa shape index (κ1) is 16.4. The van der Waals surface area contributed by atoms with Crippen LogP contribution in [0.15, 0.2) is 21.3 Å². The Hall–Kier alpha value is -0.410. The van der Waals surface area contributed by atoms with Gasteiger partial charge in [-0.15, -0.1) is 0 Å². The van der Waals surface area contributed by atoms with E-state index in [-0.39, 0.29) is 5.92 Å². The summed E-state index contributed by atoms with van der Waals surface area (Å²) >= 11 is 0.593. The van der Waals surface area contributed by atoms with Crippen molar-refractivity contribution in [2.45, 2.75) is 48.2 Å². The zero-order chi connectivity index (χ0) is 16.1. The maximum absolute atomic E-state index is 13.0. The van der Waals surface area contributed by atoms with E-state index in [0.29, 0.717) is 27.9 Å². The van der Waals surface area contributed by atoms with Crippen LogP contribution in [-0.4, -0.2) is 47.2 Å². The van der Waals surface area contributed by atoms with E-state index in [1.807, 2.05) is 12.2 Å². The summed E-state index contributed by atoms with van der Waals surface area (Å²) in [5.41, 5.74) is 0.680. The molecule has 0 aromatic heterocycles. The number of nitrogens with one attached hydrogen (secondary N) is 1. The number of fused-ring (bicyclic) bond motifs is 1. The topological polar surface area (TPSA) is 83.5 Å². The third kappa shape index (κ3) is 1.91. The second kappa shape index (κ2) is 5.59. The van der Waals surface area contributed by atoms with Gasteiger partial charge in [-0.05, 0) is 0 Å². The van der Waals surface area contributed by atoms with Crippen molar-refractivity contribution < 1.29 is 16.1 Å². The summed E-state index contributed by atoms with van der Waals surface area (Å²) in [5.74, 6) is -0.522. The van der Waals surface area contributed by atoms with Crippen molar-refractivity contribution in [3.63, 3.8) is 0 Å². The zero-order valence-electron chi connectivity index (χ0n) is 12.4. The molecule has 0 saturated carbocycles. The van der Waals surface area contributed by atoms with Gasteiger partial charge in [-0.3, -0.25) is 0 Å². The number of carbonyl (C=O) groups is 1. The first-order valence-electron chi connectivity index (χ1n) is 7.55. The number of hydrogen-bond donors (Lipinski definition) is 2. The van der Waals surface area contributed by atoms with E-state index in [4.69, 9.17) is 11.6 Å². The van der Waals surface area contributed by atoms with Crippen molar-refractivity contribution in [2.24, 2.45) is 5.92 Å². The molecule has 3 rings (SSSR count). The summed E-state index contributed by atoms with van der Waals surface area (Å²) in [6, 6.07) is -0.597. The van der Waals surface area contributed by atoms with E-state index in [9.17, 15) is 16.1 Å². The minimum atomic E-state index is -5.19. The van der Waals surface area contributed by atoms with Crippen LogP contribution in [0.3, 0.4) is 0 Å². The average molecular weight is 441 g/mol. The summed E-state index contributed by atoms with van der Waals surface area (Å²) in [7, 11) is 0. The number of allylic oxidation sites excluding steroid dienone is 2. The molecular weight excluding hydrogens is 421 g/mol. The number of alkyl halides is 1. The zero-order valence-corrected chi connectivity index (χ0v) is 15.5. The summed E-state index contributed by atoms with van der Waals surface area (Å²) in [4.78, 5) is 12.3. The molecule has 1 amide bonds. The Kier molecular flexibility index (Phi) is 4.18. The number of hydrogen-bond acceptors (Lipinski definition) is 4. The van der Waals surface area contributed by atoms with Crippen molar-refractivity contribution in [1.82, 2.24) is 5.32 Å². The van der Waals surface area contributed by atoms with Crippen LogP contribution in [-0.2, 0) is 11.0 Å². The molecule has 5 nitrogen and oxygen atoms in total. The third-order valence-corrected chi connectivity index (χ3v) is 12.9. The Bertz CT molecular complexity index is 669. The Morgan fingerprint density at radius 2 is 2.27 bits per heavy atom. The van der Waals surface area contributed by atoms with Crippen molar-refractivity contribution >= 4 is 35.7 Å². The van der Waals surface area contributed by atoms with Crippen LogP contribution in [0, 0.1) is 5.92 Å². The molecule has 4 atom stereocenters. The van der Waals surface area contributed by atoms with Crippen molar-refractivity contribution in [3.05, 3.63) is 21.3 Å². The molecule has 0 aromatic carbocycles. The molecule has 0 spiro atoms. The summed E-state index contributed by atoms with van der Waals surface area (Å²) in [5, 5.41) is 13.5. The van der Waals surface area contributed by atoms with E-state index in [2.05, 4.69) is 5.32 Å². The second-order valence-corrected chi connectivity index (χ2v) is 13.1. The van der Waals surface area contributed by atoms with Gasteiger partial charge in [0.05, 0.1) is 0 Å². The van der Waals surface area contributed by atoms with Gasteiger partial charge in [-0.1, -0.05) is 0 Å². The molecule has 1 saturated heterocycles. The van der Waals surface area contributed by atoms with Gasteiger partial charge in [0.2, 0.25) is 0 Å². The molecule has 2 N–H and O–H groups in total. The molecule has 0 unspecified atom stereocenters. The van der Waals surface area contributed by atoms with Crippen LogP contribution in [0.5, 0.6) is 0 Å². The minimum absolute atomic E-state index is 0.279. The van der Waals surface area contributed by atoms with Crippen molar-refractivity contribution in [1.29, 1.82) is 0 Å². The van der Waals surface area contributed by atoms with Crippen LogP contribution in [0.1, 0.15) is 32.6 Å². The number of β-lactam (4-membered cyclic amide) rings is 1. The molecule has 2 heterocycles. The predicted molar refractivity (Wildman–Crippen MR) is 82.3 cm³/mol. The second-order valence-electron chi connectivity index (χ2n) is 6.19. The molecule has 122 valence electrons. The van der Waals surface area contributed by atoms with Gasteiger partial charge >= 0.3 is 138 Å². The molecule has 0 radical (unpaired) electrons. The van der Waals surface area contributed by atoms with Crippen LogP contribution in [0.2, 0.25) is 3.46 Å². The molecule has 22 heavy (non-hydrogen) atoms. The van der Waals surface area contributed by atoms with Gasteiger partial charge in [0, 0.05) is 0 Å². The number of aliphatic hydroxyl groups excluding tert-OH is 1. The average Bonchev–Trinajstić information content (AvgIpc) is 2.62. The fraction of sp³-hybridized carbons (Fsp3) is 0.667. The first-order valence-corrected chi connectivity index (χ1v) is 12.3. The van der Waals surface area contributed by atoms with Crippen molar-refractivity contribution in [3.8, 4) is 0 Å². The van der Waals surface area contributed by atoms with Gasteiger partial charge in [-0.2, -0.15) is 0 Å². The number of aliphatic hydroxyl groups is 1. The Morgan fingerprint density at radius 3 is 2.82 bits per heavy atom. The number of halogens is 1. The quantitative estimate of drug-likeness (QED) is 0.301. The van der Waals surface area contributed by atoms with E-state index in [1.54, 1.807) is 6.92 Å². The molecule has 1 fully saturated rings. The Balaban J connectivity index is 2.06. The molecule has 0 aromatic rings. The normalized spacial score (nSPS) is 37.5. The van der Waals surface area contributed by atoms with Gasteiger partial charge in [-0.25, -0.2) is 0 Å². The summed E-state index contributed by atoms with van der Waals surface area (Å²) in [6.45, 7) is 1.56. The number of carbonyl (C=O) groups excluding carboxylic acids is 1. The molecule has 2 aliphatic heterocycles. The number of amides is 1. The first-order chi connectivity index (χ1) is 10.4. The van der Waals surface area contributed by atoms with Gasteiger partial charge in [0.1, 0.15) is 0 Å². The fourth-order valence-corrected chi connectivity index (χ4v) is 11.0. The number of rotatable bonds is 4. The molecule has 0 bridgehead atoms. The summed E-state index contributed by atoms with van der Waals surface area (Å²) < 4.78 is 24.7. The molecular formula is C15H20ClNO4Te.